The van der Waals surface area contributed by atoms with Crippen molar-refractivity contribution < 1.29 is 23.2 Å². The average Bonchev–Trinajstić information content (AvgIpc) is 3.05. The molecule has 0 fully saturated rings. The van der Waals surface area contributed by atoms with E-state index in [0.29, 0.717) is 29.0 Å². The normalized spacial score (nSPS) is 12.1. The molecule has 2 N–H and O–H groups in total. The molecule has 0 spiro atoms. The molecule has 3 aromatic rings. The fraction of sp³-hybridized carbons (Fsp3) is 0.238. The topological polar surface area (TPSA) is 110 Å². The number of nitrogens with zero attached hydrogens (tertiary/aromatic N) is 2. The third kappa shape index (κ3) is 5.18. The number of nitrogens with one attached hydrogen (secondary N) is 1. The number of rotatable bonds is 9. The zero-order valence-electron chi connectivity index (χ0n) is 16.7. The van der Waals surface area contributed by atoms with Crippen LogP contribution in [0.25, 0.3) is 10.9 Å². The van der Waals surface area contributed by atoms with Gasteiger partial charge >= 0.3 is 5.97 Å². The second-order valence-electron chi connectivity index (χ2n) is 6.82. The van der Waals surface area contributed by atoms with Crippen LogP contribution in [0, 0.1) is 0 Å². The lowest BCUT2D eigenvalue weighted by atomic mass is 10.1. The van der Waals surface area contributed by atoms with Crippen LogP contribution in [0.1, 0.15) is 29.3 Å². The molecule has 0 aliphatic carbocycles. The number of carboxylic acid groups (broad SMARTS) is 1. The first-order chi connectivity index (χ1) is 14.3. The van der Waals surface area contributed by atoms with Crippen LogP contribution in [0.4, 0.5) is 5.69 Å². The zero-order chi connectivity index (χ0) is 21.7. The minimum Gasteiger partial charge on any atom is -0.478 e. The van der Waals surface area contributed by atoms with Crippen LogP contribution < -0.4 is 4.72 Å². The average molecular weight is 429 g/mol. The molecule has 1 heterocycles. The summed E-state index contributed by atoms with van der Waals surface area (Å²) in [5.41, 5.74) is 2.56. The summed E-state index contributed by atoms with van der Waals surface area (Å²) in [5.74, 6) is -1.01. The van der Waals surface area contributed by atoms with Gasteiger partial charge in [-0.05, 0) is 24.6 Å². The quantitative estimate of drug-likeness (QED) is 0.307. The van der Waals surface area contributed by atoms with E-state index in [9.17, 15) is 18.3 Å². The lowest BCUT2D eigenvalue weighted by Crippen LogP contribution is -2.14. The fourth-order valence-electron chi connectivity index (χ4n) is 3.07. The van der Waals surface area contributed by atoms with E-state index in [2.05, 4.69) is 9.88 Å². The molecule has 0 radical (unpaired) electrons. The SMILES string of the molecule is CCCON=C(Cn1cc(C(=O)O)c2ccccc21)c1cccc(NS(C)(=O)=O)c1. The first-order valence-corrected chi connectivity index (χ1v) is 11.3. The highest BCUT2D eigenvalue weighted by Gasteiger charge is 2.16. The Hall–Kier alpha value is -3.33. The van der Waals surface area contributed by atoms with Gasteiger partial charge in [0.2, 0.25) is 10.0 Å². The van der Waals surface area contributed by atoms with Gasteiger partial charge in [-0.1, -0.05) is 42.4 Å². The van der Waals surface area contributed by atoms with Crippen molar-refractivity contribution in [1.82, 2.24) is 4.57 Å². The molecule has 0 unspecified atom stereocenters. The van der Waals surface area contributed by atoms with Crippen molar-refractivity contribution in [2.75, 3.05) is 17.6 Å². The van der Waals surface area contributed by atoms with Crippen LogP contribution in [0.15, 0.2) is 59.9 Å². The molecule has 2 aromatic carbocycles. The van der Waals surface area contributed by atoms with Crippen LogP contribution in [-0.2, 0) is 21.4 Å². The second-order valence-corrected chi connectivity index (χ2v) is 8.57. The monoisotopic (exact) mass is 429 g/mol. The Bertz CT molecular complexity index is 1200. The molecule has 0 aliphatic rings. The number of carboxylic acids is 1. The van der Waals surface area contributed by atoms with Crippen molar-refractivity contribution in [3.05, 3.63) is 65.9 Å². The summed E-state index contributed by atoms with van der Waals surface area (Å²) in [6.07, 6.45) is 3.43. The van der Waals surface area contributed by atoms with E-state index in [1.54, 1.807) is 47.2 Å². The summed E-state index contributed by atoms with van der Waals surface area (Å²) in [6, 6.07) is 14.1. The van der Waals surface area contributed by atoms with Crippen LogP contribution in [-0.4, -0.2) is 42.6 Å². The van der Waals surface area contributed by atoms with Crippen LogP contribution >= 0.6 is 0 Å². The number of anilines is 1. The third-order valence-corrected chi connectivity index (χ3v) is 4.91. The van der Waals surface area contributed by atoms with Crippen molar-refractivity contribution in [3.8, 4) is 0 Å². The van der Waals surface area contributed by atoms with Gasteiger partial charge in [-0.15, -0.1) is 0 Å². The molecule has 0 saturated heterocycles. The predicted octanol–water partition coefficient (Wildman–Crippen LogP) is 3.54. The number of hydrogen-bond acceptors (Lipinski definition) is 5. The van der Waals surface area contributed by atoms with Crippen molar-refractivity contribution in [3.63, 3.8) is 0 Å². The number of hydrogen-bond donors (Lipinski definition) is 2. The van der Waals surface area contributed by atoms with E-state index in [-0.39, 0.29) is 12.1 Å². The molecule has 8 nitrogen and oxygen atoms in total. The number of sulfonamides is 1. The number of aromatic nitrogens is 1. The van der Waals surface area contributed by atoms with Crippen molar-refractivity contribution in [2.24, 2.45) is 5.16 Å². The summed E-state index contributed by atoms with van der Waals surface area (Å²) in [6.45, 7) is 2.64. The van der Waals surface area contributed by atoms with E-state index in [1.807, 2.05) is 19.1 Å². The Morgan fingerprint density at radius 2 is 1.97 bits per heavy atom. The summed E-state index contributed by atoms with van der Waals surface area (Å²) in [5, 5.41) is 14.4. The van der Waals surface area contributed by atoms with Crippen LogP contribution in [0.3, 0.4) is 0 Å². The molecule has 1 aromatic heterocycles. The number of para-hydroxylation sites is 1. The van der Waals surface area contributed by atoms with Gasteiger partial charge in [-0.3, -0.25) is 4.72 Å². The minimum atomic E-state index is -3.43. The minimum absolute atomic E-state index is 0.201. The zero-order valence-corrected chi connectivity index (χ0v) is 17.5. The van der Waals surface area contributed by atoms with Gasteiger partial charge in [0.1, 0.15) is 12.3 Å². The highest BCUT2D eigenvalue weighted by Crippen LogP contribution is 2.23. The largest absolute Gasteiger partial charge is 0.478 e. The molecule has 0 aliphatic heterocycles. The van der Waals surface area contributed by atoms with Crippen molar-refractivity contribution in [1.29, 1.82) is 0 Å². The first kappa shape index (κ1) is 21.4. The maximum Gasteiger partial charge on any atom is 0.337 e. The summed E-state index contributed by atoms with van der Waals surface area (Å²) < 4.78 is 27.4. The van der Waals surface area contributed by atoms with E-state index < -0.39 is 16.0 Å². The molecule has 158 valence electrons. The molecule has 30 heavy (non-hydrogen) atoms. The number of oxime groups is 1. The molecule has 3 rings (SSSR count). The van der Waals surface area contributed by atoms with Gasteiger partial charge in [-0.2, -0.15) is 0 Å². The number of benzene rings is 2. The second kappa shape index (κ2) is 9.00. The van der Waals surface area contributed by atoms with E-state index in [1.165, 1.54) is 0 Å². The Labute approximate surface area is 174 Å². The highest BCUT2D eigenvalue weighted by atomic mass is 32.2. The molecule has 0 amide bonds. The summed E-state index contributed by atoms with van der Waals surface area (Å²) >= 11 is 0. The molecular formula is C21H23N3O5S. The maximum absolute atomic E-state index is 11.6. The predicted molar refractivity (Wildman–Crippen MR) is 117 cm³/mol. The molecule has 0 atom stereocenters. The standard InChI is InChI=1S/C21H23N3O5S/c1-3-11-29-22-19(15-7-6-8-16(12-15)23-30(2,27)28)14-24-13-18(21(25)26)17-9-4-5-10-20(17)24/h4-10,12-13,23H,3,11,14H2,1-2H3,(H,25,26). The Morgan fingerprint density at radius 3 is 2.67 bits per heavy atom. The van der Waals surface area contributed by atoms with E-state index >= 15 is 0 Å². The highest BCUT2D eigenvalue weighted by molar-refractivity contribution is 7.92. The Morgan fingerprint density at radius 1 is 1.20 bits per heavy atom. The van der Waals surface area contributed by atoms with Gasteiger partial charge in [-0.25, -0.2) is 13.2 Å². The van der Waals surface area contributed by atoms with Gasteiger partial charge in [0, 0.05) is 28.4 Å². The number of carbonyl (C=O) groups is 1. The maximum atomic E-state index is 11.6. The summed E-state index contributed by atoms with van der Waals surface area (Å²) in [7, 11) is -3.43. The van der Waals surface area contributed by atoms with Crippen molar-refractivity contribution >= 4 is 38.3 Å². The first-order valence-electron chi connectivity index (χ1n) is 9.36. The molecule has 9 heteroatoms. The van der Waals surface area contributed by atoms with Crippen molar-refractivity contribution in [2.45, 2.75) is 19.9 Å². The molecule has 0 bridgehead atoms. The Kier molecular flexibility index (Phi) is 6.41. The molecular weight excluding hydrogens is 406 g/mol. The molecule has 0 saturated carbocycles. The smallest absolute Gasteiger partial charge is 0.337 e. The number of fused-ring (bicyclic) bond motifs is 1. The number of aromatic carboxylic acids is 1. The van der Waals surface area contributed by atoms with Gasteiger partial charge in [0.15, 0.2) is 0 Å². The van der Waals surface area contributed by atoms with Gasteiger partial charge in [0.25, 0.3) is 0 Å². The third-order valence-electron chi connectivity index (χ3n) is 4.31. The Balaban J connectivity index is 2.03. The fourth-order valence-corrected chi connectivity index (χ4v) is 3.63. The van der Waals surface area contributed by atoms with Gasteiger partial charge < -0.3 is 14.5 Å². The van der Waals surface area contributed by atoms with Gasteiger partial charge in [0.05, 0.1) is 18.4 Å². The lowest BCUT2D eigenvalue weighted by Gasteiger charge is -2.11. The van der Waals surface area contributed by atoms with Crippen LogP contribution in [0.2, 0.25) is 0 Å². The summed E-state index contributed by atoms with van der Waals surface area (Å²) in [4.78, 5) is 17.0. The van der Waals surface area contributed by atoms with E-state index in [4.69, 9.17) is 4.84 Å². The van der Waals surface area contributed by atoms with E-state index in [0.717, 1.165) is 18.2 Å². The lowest BCUT2D eigenvalue weighted by molar-refractivity contribution is 0.0699. The van der Waals surface area contributed by atoms with Crippen LogP contribution in [0.5, 0.6) is 0 Å².